The van der Waals surface area contributed by atoms with Crippen LogP contribution in [0.4, 0.5) is 8.78 Å². The van der Waals surface area contributed by atoms with Gasteiger partial charge in [-0.05, 0) is 37.3 Å². The minimum absolute atomic E-state index is 0.0781. The van der Waals surface area contributed by atoms with Crippen molar-refractivity contribution in [2.45, 2.75) is 52.5 Å². The Morgan fingerprint density at radius 3 is 2.21 bits per heavy atom. The van der Waals surface area contributed by atoms with E-state index in [0.29, 0.717) is 5.56 Å². The van der Waals surface area contributed by atoms with Crippen LogP contribution in [-0.2, 0) is 0 Å². The van der Waals surface area contributed by atoms with Gasteiger partial charge >= 0.3 is 0 Å². The molecule has 1 atom stereocenters. The highest BCUT2D eigenvalue weighted by atomic mass is 19.1. The molecule has 0 amide bonds. The quantitative estimate of drug-likeness (QED) is 0.580. The first-order valence-electron chi connectivity index (χ1n) is 6.97. The number of benzene rings is 1. The lowest BCUT2D eigenvalue weighted by Crippen LogP contribution is -2.35. The summed E-state index contributed by atoms with van der Waals surface area (Å²) in [5, 5.41) is 0. The highest BCUT2D eigenvalue weighted by Crippen LogP contribution is 2.33. The van der Waals surface area contributed by atoms with Crippen molar-refractivity contribution < 1.29 is 8.78 Å². The zero-order valence-corrected chi connectivity index (χ0v) is 12.0. The van der Waals surface area contributed by atoms with Gasteiger partial charge in [-0.2, -0.15) is 0 Å². The standard InChI is InChI=1S/C15H24F2N2/c1-4-6-11(7-5-2)15(19-18)13-12(16)9-8-10(3)14(13)17/h8-9,11,15,19H,4-7,18H2,1-3H3. The van der Waals surface area contributed by atoms with Gasteiger partial charge in [0.05, 0.1) is 6.04 Å². The molecule has 1 rings (SSSR count). The summed E-state index contributed by atoms with van der Waals surface area (Å²) in [5.41, 5.74) is 3.14. The smallest absolute Gasteiger partial charge is 0.133 e. The molecule has 0 aromatic heterocycles. The third-order valence-electron chi connectivity index (χ3n) is 3.60. The number of hydrogen-bond acceptors (Lipinski definition) is 2. The van der Waals surface area contributed by atoms with Crippen LogP contribution in [0.2, 0.25) is 0 Å². The molecule has 1 aromatic carbocycles. The average Bonchev–Trinajstić information content (AvgIpc) is 2.39. The minimum atomic E-state index is -0.525. The van der Waals surface area contributed by atoms with Crippen LogP contribution in [0, 0.1) is 24.5 Å². The van der Waals surface area contributed by atoms with Crippen molar-refractivity contribution in [2.24, 2.45) is 11.8 Å². The molecule has 108 valence electrons. The van der Waals surface area contributed by atoms with E-state index in [1.807, 2.05) is 0 Å². The van der Waals surface area contributed by atoms with Crippen LogP contribution in [0.25, 0.3) is 0 Å². The molecule has 19 heavy (non-hydrogen) atoms. The third kappa shape index (κ3) is 3.74. The van der Waals surface area contributed by atoms with Crippen molar-refractivity contribution >= 4 is 0 Å². The van der Waals surface area contributed by atoms with Gasteiger partial charge in [-0.3, -0.25) is 11.3 Å². The van der Waals surface area contributed by atoms with Crippen LogP contribution >= 0.6 is 0 Å². The summed E-state index contributed by atoms with van der Waals surface area (Å²) in [5.74, 6) is 4.70. The molecule has 0 aliphatic rings. The SMILES string of the molecule is CCCC(CCC)C(NN)c1c(F)ccc(C)c1F. The zero-order valence-electron chi connectivity index (χ0n) is 12.0. The fourth-order valence-corrected chi connectivity index (χ4v) is 2.64. The highest BCUT2D eigenvalue weighted by Gasteiger charge is 2.27. The summed E-state index contributed by atoms with van der Waals surface area (Å²) in [4.78, 5) is 0. The van der Waals surface area contributed by atoms with E-state index in [1.54, 1.807) is 6.92 Å². The van der Waals surface area contributed by atoms with Crippen molar-refractivity contribution in [2.75, 3.05) is 0 Å². The maximum absolute atomic E-state index is 14.2. The lowest BCUT2D eigenvalue weighted by atomic mass is 9.85. The molecule has 4 heteroatoms. The van der Waals surface area contributed by atoms with Gasteiger partial charge in [0.25, 0.3) is 0 Å². The predicted molar refractivity (Wildman–Crippen MR) is 74.5 cm³/mol. The summed E-state index contributed by atoms with van der Waals surface area (Å²) in [6, 6.07) is 2.29. The Labute approximate surface area is 114 Å². The molecule has 2 nitrogen and oxygen atoms in total. The van der Waals surface area contributed by atoms with E-state index < -0.39 is 17.7 Å². The van der Waals surface area contributed by atoms with Crippen LogP contribution in [-0.4, -0.2) is 0 Å². The van der Waals surface area contributed by atoms with Crippen LogP contribution in [0.1, 0.15) is 56.7 Å². The summed E-state index contributed by atoms with van der Waals surface area (Å²) in [6.07, 6.45) is 3.74. The average molecular weight is 270 g/mol. The van der Waals surface area contributed by atoms with Crippen molar-refractivity contribution in [3.63, 3.8) is 0 Å². The number of halogens is 2. The largest absolute Gasteiger partial charge is 0.271 e. The Morgan fingerprint density at radius 2 is 1.74 bits per heavy atom. The van der Waals surface area contributed by atoms with Crippen LogP contribution in [0.15, 0.2) is 12.1 Å². The zero-order chi connectivity index (χ0) is 14.4. The number of hydrogen-bond donors (Lipinski definition) is 2. The second-order valence-corrected chi connectivity index (χ2v) is 5.07. The number of rotatable bonds is 7. The van der Waals surface area contributed by atoms with E-state index in [9.17, 15) is 8.78 Å². The maximum atomic E-state index is 14.2. The van der Waals surface area contributed by atoms with E-state index in [-0.39, 0.29) is 11.5 Å². The Kier molecular flexibility index (Phi) is 6.38. The second kappa shape index (κ2) is 7.56. The van der Waals surface area contributed by atoms with Gasteiger partial charge in [-0.25, -0.2) is 8.78 Å². The molecule has 0 spiro atoms. The number of nitrogens with one attached hydrogen (secondary N) is 1. The predicted octanol–water partition coefficient (Wildman–Crippen LogP) is 3.99. The summed E-state index contributed by atoms with van der Waals surface area (Å²) in [7, 11) is 0. The van der Waals surface area contributed by atoms with Gasteiger partial charge in [0.1, 0.15) is 11.6 Å². The molecule has 0 saturated heterocycles. The van der Waals surface area contributed by atoms with E-state index in [0.717, 1.165) is 25.7 Å². The molecule has 0 saturated carbocycles. The monoisotopic (exact) mass is 270 g/mol. The van der Waals surface area contributed by atoms with Gasteiger partial charge in [0.2, 0.25) is 0 Å². The molecule has 0 radical (unpaired) electrons. The molecular formula is C15H24F2N2. The summed E-state index contributed by atoms with van der Waals surface area (Å²) in [6.45, 7) is 5.78. The Hall–Kier alpha value is -1.00. The van der Waals surface area contributed by atoms with E-state index >= 15 is 0 Å². The fraction of sp³-hybridized carbons (Fsp3) is 0.600. The van der Waals surface area contributed by atoms with Gasteiger partial charge < -0.3 is 0 Å². The molecule has 1 unspecified atom stereocenters. The van der Waals surface area contributed by atoms with E-state index in [4.69, 9.17) is 5.84 Å². The van der Waals surface area contributed by atoms with E-state index in [2.05, 4.69) is 19.3 Å². The van der Waals surface area contributed by atoms with Gasteiger partial charge in [0.15, 0.2) is 0 Å². The number of aryl methyl sites for hydroxylation is 1. The fourth-order valence-electron chi connectivity index (χ4n) is 2.64. The molecule has 0 fully saturated rings. The number of hydrazine groups is 1. The Bertz CT molecular complexity index is 401. The lowest BCUT2D eigenvalue weighted by molar-refractivity contribution is 0.303. The molecule has 0 bridgehead atoms. The maximum Gasteiger partial charge on any atom is 0.133 e. The van der Waals surface area contributed by atoms with Crippen LogP contribution < -0.4 is 11.3 Å². The summed E-state index contributed by atoms with van der Waals surface area (Å²) >= 11 is 0. The lowest BCUT2D eigenvalue weighted by Gasteiger charge is -2.27. The van der Waals surface area contributed by atoms with Crippen molar-refractivity contribution in [3.05, 3.63) is 34.9 Å². The topological polar surface area (TPSA) is 38.0 Å². The van der Waals surface area contributed by atoms with Crippen molar-refractivity contribution in [1.29, 1.82) is 0 Å². The first-order valence-corrected chi connectivity index (χ1v) is 6.97. The van der Waals surface area contributed by atoms with Gasteiger partial charge in [-0.1, -0.05) is 32.8 Å². The van der Waals surface area contributed by atoms with Crippen molar-refractivity contribution in [3.8, 4) is 0 Å². The van der Waals surface area contributed by atoms with Gasteiger partial charge in [0, 0.05) is 5.56 Å². The Balaban J connectivity index is 3.17. The third-order valence-corrected chi connectivity index (χ3v) is 3.60. The first kappa shape index (κ1) is 16.1. The number of nitrogens with two attached hydrogens (primary N) is 1. The molecular weight excluding hydrogens is 246 g/mol. The van der Waals surface area contributed by atoms with Crippen LogP contribution in [0.5, 0.6) is 0 Å². The molecule has 0 heterocycles. The van der Waals surface area contributed by atoms with Gasteiger partial charge in [-0.15, -0.1) is 0 Å². The summed E-state index contributed by atoms with van der Waals surface area (Å²) < 4.78 is 28.2. The van der Waals surface area contributed by atoms with Crippen molar-refractivity contribution in [1.82, 2.24) is 5.43 Å². The molecule has 1 aromatic rings. The van der Waals surface area contributed by atoms with Crippen LogP contribution in [0.3, 0.4) is 0 Å². The minimum Gasteiger partial charge on any atom is -0.271 e. The molecule has 0 aliphatic carbocycles. The van der Waals surface area contributed by atoms with E-state index in [1.165, 1.54) is 12.1 Å². The first-order chi connectivity index (χ1) is 9.06. The molecule has 0 aliphatic heterocycles. The molecule has 3 N–H and O–H groups in total. The normalized spacial score (nSPS) is 13.0. The highest BCUT2D eigenvalue weighted by molar-refractivity contribution is 5.29. The second-order valence-electron chi connectivity index (χ2n) is 5.07. The Morgan fingerprint density at radius 1 is 1.16 bits per heavy atom.